The number of methoxy groups -OCH3 is 1. The molecule has 2 aliphatic heterocycles. The summed E-state index contributed by atoms with van der Waals surface area (Å²) in [6.45, 7) is 6.38. The van der Waals surface area contributed by atoms with Crippen LogP contribution in [0.3, 0.4) is 0 Å². The summed E-state index contributed by atoms with van der Waals surface area (Å²) < 4.78 is 15.8. The Balaban J connectivity index is 2.19. The number of hydroxylamine groups is 4. The summed E-state index contributed by atoms with van der Waals surface area (Å²) in [6.07, 6.45) is -0.0430. The van der Waals surface area contributed by atoms with E-state index in [4.69, 9.17) is 35.5 Å². The Kier molecular flexibility index (Phi) is 7.79. The molecular formula is C22H29ClN2O7. The number of halogens is 1. The largest absolute Gasteiger partial charge is 0.513 e. The van der Waals surface area contributed by atoms with Gasteiger partial charge in [0.05, 0.1) is 19.3 Å². The number of benzene rings is 1. The van der Waals surface area contributed by atoms with Crippen LogP contribution in [0.4, 0.5) is 4.79 Å². The molecule has 0 radical (unpaired) electrons. The zero-order valence-electron chi connectivity index (χ0n) is 19.0. The lowest BCUT2D eigenvalue weighted by Crippen LogP contribution is -2.55. The Morgan fingerprint density at radius 3 is 2.44 bits per heavy atom. The molecule has 1 fully saturated rings. The van der Waals surface area contributed by atoms with Crippen LogP contribution in [0.2, 0.25) is 5.02 Å². The van der Waals surface area contributed by atoms with Gasteiger partial charge in [-0.1, -0.05) is 11.6 Å². The van der Waals surface area contributed by atoms with Crippen LogP contribution in [0.15, 0.2) is 17.9 Å². The Morgan fingerprint density at radius 1 is 1.16 bits per heavy atom. The summed E-state index contributed by atoms with van der Waals surface area (Å²) in [5, 5.41) is 3.64. The summed E-state index contributed by atoms with van der Waals surface area (Å²) in [7, 11) is 3.06. The van der Waals surface area contributed by atoms with E-state index in [1.807, 2.05) is 19.9 Å². The van der Waals surface area contributed by atoms with Crippen molar-refractivity contribution in [1.82, 2.24) is 10.1 Å². The van der Waals surface area contributed by atoms with Crippen LogP contribution in [-0.2, 0) is 28.7 Å². The van der Waals surface area contributed by atoms with E-state index < -0.39 is 17.6 Å². The topological polar surface area (TPSA) is 86.8 Å². The van der Waals surface area contributed by atoms with Crippen LogP contribution in [0.25, 0.3) is 5.57 Å². The lowest BCUT2D eigenvalue weighted by atomic mass is 9.85. The fourth-order valence-electron chi connectivity index (χ4n) is 4.14. The molecule has 2 aliphatic rings. The third kappa shape index (κ3) is 4.49. The fourth-order valence-corrected chi connectivity index (χ4v) is 4.36. The van der Waals surface area contributed by atoms with Crippen molar-refractivity contribution in [2.75, 3.05) is 40.7 Å². The quantitative estimate of drug-likeness (QED) is 0.443. The van der Waals surface area contributed by atoms with E-state index in [1.165, 1.54) is 12.2 Å². The maximum Gasteiger partial charge on any atom is 0.513 e. The number of aryl methyl sites for hydroxylation is 2. The lowest BCUT2D eigenvalue weighted by Gasteiger charge is -2.43. The minimum absolute atomic E-state index is 0.139. The number of hydrogen-bond donors (Lipinski definition) is 0. The van der Waals surface area contributed by atoms with Gasteiger partial charge in [0.15, 0.2) is 12.6 Å². The summed E-state index contributed by atoms with van der Waals surface area (Å²) in [5.74, 6) is -0.213. The highest BCUT2D eigenvalue weighted by atomic mass is 35.5. The molecule has 10 heteroatoms. The standard InChI is InChI=1S/C22H29ClN2O7/c1-6-30-21(27)32-19-18(16-11-15(3)17(23)12-14(16)2)20(26)25(31-13-28-4)22(19)7-9-24(29-5)10-8-22/h11-12H,6-10,13H2,1-5H3. The Labute approximate surface area is 192 Å². The van der Waals surface area contributed by atoms with E-state index in [1.54, 1.807) is 25.2 Å². The second kappa shape index (κ2) is 10.2. The normalized spacial score (nSPS) is 18.6. The van der Waals surface area contributed by atoms with Gasteiger partial charge in [-0.2, -0.15) is 5.06 Å². The Morgan fingerprint density at radius 2 is 1.84 bits per heavy atom. The number of rotatable bonds is 7. The van der Waals surface area contributed by atoms with Crippen molar-refractivity contribution in [3.63, 3.8) is 0 Å². The van der Waals surface area contributed by atoms with Gasteiger partial charge < -0.3 is 19.0 Å². The van der Waals surface area contributed by atoms with Gasteiger partial charge in [-0.05, 0) is 62.4 Å². The molecule has 1 amide bonds. The van der Waals surface area contributed by atoms with Crippen LogP contribution in [0, 0.1) is 13.8 Å². The van der Waals surface area contributed by atoms with E-state index in [0.29, 0.717) is 36.5 Å². The summed E-state index contributed by atoms with van der Waals surface area (Å²) >= 11 is 6.28. The molecule has 176 valence electrons. The minimum atomic E-state index is -1.02. The molecule has 0 unspecified atom stereocenters. The maximum atomic E-state index is 13.7. The first-order chi connectivity index (χ1) is 15.3. The fraction of sp³-hybridized carbons (Fsp3) is 0.545. The van der Waals surface area contributed by atoms with Crippen molar-refractivity contribution < 1.29 is 33.5 Å². The summed E-state index contributed by atoms with van der Waals surface area (Å²) in [5.41, 5.74) is 1.41. The molecule has 1 aromatic rings. The highest BCUT2D eigenvalue weighted by Crippen LogP contribution is 2.48. The number of nitrogens with zero attached hydrogens (tertiary/aromatic N) is 2. The molecule has 32 heavy (non-hydrogen) atoms. The maximum absolute atomic E-state index is 13.7. The molecule has 2 heterocycles. The van der Waals surface area contributed by atoms with Crippen LogP contribution in [-0.4, -0.2) is 68.4 Å². The second-order valence-electron chi connectivity index (χ2n) is 7.68. The molecule has 0 bridgehead atoms. The van der Waals surface area contributed by atoms with Gasteiger partial charge >= 0.3 is 6.16 Å². The zero-order chi connectivity index (χ0) is 23.5. The molecule has 0 aliphatic carbocycles. The second-order valence-corrected chi connectivity index (χ2v) is 8.09. The summed E-state index contributed by atoms with van der Waals surface area (Å²) in [4.78, 5) is 37.2. The average Bonchev–Trinajstić information content (AvgIpc) is 2.97. The van der Waals surface area contributed by atoms with Crippen molar-refractivity contribution in [3.8, 4) is 0 Å². The van der Waals surface area contributed by atoms with Crippen molar-refractivity contribution in [1.29, 1.82) is 0 Å². The van der Waals surface area contributed by atoms with Crippen molar-refractivity contribution in [3.05, 3.63) is 39.6 Å². The average molecular weight is 469 g/mol. The molecule has 1 spiro atoms. The monoisotopic (exact) mass is 468 g/mol. The number of piperidine rings is 1. The molecule has 0 atom stereocenters. The highest BCUT2D eigenvalue weighted by molar-refractivity contribution is 6.31. The Bertz CT molecular complexity index is 910. The minimum Gasteiger partial charge on any atom is -0.434 e. The van der Waals surface area contributed by atoms with Gasteiger partial charge in [-0.3, -0.25) is 4.79 Å². The smallest absolute Gasteiger partial charge is 0.434 e. The van der Waals surface area contributed by atoms with Gasteiger partial charge in [-0.15, -0.1) is 0 Å². The predicted molar refractivity (Wildman–Crippen MR) is 116 cm³/mol. The molecule has 0 aromatic heterocycles. The van der Waals surface area contributed by atoms with Crippen LogP contribution in [0.5, 0.6) is 0 Å². The first-order valence-electron chi connectivity index (χ1n) is 10.4. The van der Waals surface area contributed by atoms with E-state index >= 15 is 0 Å². The molecule has 1 saturated heterocycles. The zero-order valence-corrected chi connectivity index (χ0v) is 19.8. The third-order valence-electron chi connectivity index (χ3n) is 5.77. The first-order valence-corrected chi connectivity index (χ1v) is 10.8. The van der Waals surface area contributed by atoms with Gasteiger partial charge in [0.2, 0.25) is 0 Å². The van der Waals surface area contributed by atoms with Crippen molar-refractivity contribution in [2.45, 2.75) is 39.2 Å². The number of hydrogen-bond acceptors (Lipinski definition) is 8. The SMILES string of the molecule is CCOC(=O)OC1=C(c2cc(C)c(Cl)cc2C)C(=O)N(OCOC)C12CCN(OC)CC2. The van der Waals surface area contributed by atoms with E-state index in [0.717, 1.165) is 11.1 Å². The van der Waals surface area contributed by atoms with Gasteiger partial charge in [0.25, 0.3) is 5.91 Å². The van der Waals surface area contributed by atoms with Crippen molar-refractivity contribution in [2.24, 2.45) is 0 Å². The molecule has 3 rings (SSSR count). The van der Waals surface area contributed by atoms with E-state index in [9.17, 15) is 9.59 Å². The van der Waals surface area contributed by atoms with Gasteiger partial charge in [0, 0.05) is 25.2 Å². The molecular weight excluding hydrogens is 440 g/mol. The van der Waals surface area contributed by atoms with Crippen LogP contribution >= 0.6 is 11.6 Å². The molecule has 9 nitrogen and oxygen atoms in total. The van der Waals surface area contributed by atoms with Gasteiger partial charge in [0.1, 0.15) is 5.54 Å². The van der Waals surface area contributed by atoms with Gasteiger partial charge in [-0.25, -0.2) is 14.7 Å². The summed E-state index contributed by atoms with van der Waals surface area (Å²) in [6, 6.07) is 3.60. The first kappa shape index (κ1) is 24.5. The molecule has 1 aromatic carbocycles. The lowest BCUT2D eigenvalue weighted by molar-refractivity contribution is -0.260. The Hall–Kier alpha value is -2.17. The number of carbonyl (C=O) groups excluding carboxylic acids is 2. The van der Waals surface area contributed by atoms with E-state index in [2.05, 4.69) is 0 Å². The highest BCUT2D eigenvalue weighted by Gasteiger charge is 2.57. The van der Waals surface area contributed by atoms with Crippen molar-refractivity contribution >= 4 is 29.2 Å². The number of ether oxygens (including phenoxy) is 3. The number of amides is 1. The van der Waals surface area contributed by atoms with Crippen LogP contribution in [0.1, 0.15) is 36.5 Å². The number of carbonyl (C=O) groups is 2. The molecule has 0 N–H and O–H groups in total. The molecule has 0 saturated carbocycles. The predicted octanol–water partition coefficient (Wildman–Crippen LogP) is 3.61. The van der Waals surface area contributed by atoms with E-state index in [-0.39, 0.29) is 24.7 Å². The van der Waals surface area contributed by atoms with Crippen LogP contribution < -0.4 is 0 Å². The third-order valence-corrected chi connectivity index (χ3v) is 6.17.